The van der Waals surface area contributed by atoms with E-state index >= 15 is 0 Å². The number of hydrogen-bond donors (Lipinski definition) is 1. The van der Waals surface area contributed by atoms with E-state index in [0.717, 1.165) is 37.2 Å². The topological polar surface area (TPSA) is 80.2 Å². The Morgan fingerprint density at radius 1 is 0.978 bits per heavy atom. The number of amides is 2. The van der Waals surface area contributed by atoms with Crippen LogP contribution in [0.3, 0.4) is 0 Å². The Morgan fingerprint density at radius 3 is 2.33 bits per heavy atom. The molecule has 1 saturated heterocycles. The van der Waals surface area contributed by atoms with Crippen molar-refractivity contribution >= 4 is 86.1 Å². The van der Waals surface area contributed by atoms with Crippen LogP contribution in [0.25, 0.3) is 6.08 Å². The Balaban J connectivity index is 1.41. The maximum Gasteiger partial charge on any atom is 0.271 e. The molecular formula is C35H31ClIN3O4S. The summed E-state index contributed by atoms with van der Waals surface area (Å²) in [5, 5.41) is 3.94. The van der Waals surface area contributed by atoms with Crippen LogP contribution in [0.15, 0.2) is 88.8 Å². The number of aryl methyl sites for hydroxylation is 3. The van der Waals surface area contributed by atoms with Crippen LogP contribution in [0.2, 0.25) is 5.02 Å². The lowest BCUT2D eigenvalue weighted by molar-refractivity contribution is -0.118. The van der Waals surface area contributed by atoms with Crippen molar-refractivity contribution in [1.29, 1.82) is 0 Å². The summed E-state index contributed by atoms with van der Waals surface area (Å²) >= 11 is 9.66. The zero-order valence-corrected chi connectivity index (χ0v) is 28.9. The smallest absolute Gasteiger partial charge is 0.271 e. The molecule has 5 rings (SSSR count). The second-order valence-corrected chi connectivity index (χ2v) is 13.0. The number of benzene rings is 4. The molecule has 0 atom stereocenters. The molecule has 0 unspecified atom stereocenters. The van der Waals surface area contributed by atoms with Crippen LogP contribution < -0.4 is 19.7 Å². The van der Waals surface area contributed by atoms with Crippen molar-refractivity contribution in [2.45, 2.75) is 27.7 Å². The van der Waals surface area contributed by atoms with E-state index in [4.69, 9.17) is 26.1 Å². The number of nitrogens with one attached hydrogen (secondary N) is 1. The van der Waals surface area contributed by atoms with Crippen LogP contribution in [0.5, 0.6) is 11.5 Å². The summed E-state index contributed by atoms with van der Waals surface area (Å²) in [4.78, 5) is 33.5. The Kier molecular flexibility index (Phi) is 10.5. The molecule has 0 saturated carbocycles. The minimum atomic E-state index is -0.330. The summed E-state index contributed by atoms with van der Waals surface area (Å²) < 4.78 is 12.6. The first-order chi connectivity index (χ1) is 21.6. The highest BCUT2D eigenvalue weighted by atomic mass is 127. The van der Waals surface area contributed by atoms with E-state index < -0.39 is 0 Å². The van der Waals surface area contributed by atoms with Gasteiger partial charge in [-0.2, -0.15) is 0 Å². The number of amidine groups is 1. The summed E-state index contributed by atoms with van der Waals surface area (Å²) in [6.07, 6.45) is 1.83. The van der Waals surface area contributed by atoms with Crippen LogP contribution in [0.1, 0.15) is 29.2 Å². The van der Waals surface area contributed by atoms with Crippen LogP contribution in [0.4, 0.5) is 17.1 Å². The molecule has 0 aromatic heterocycles. The van der Waals surface area contributed by atoms with Crippen LogP contribution in [-0.4, -0.2) is 30.2 Å². The number of hydrogen-bond acceptors (Lipinski definition) is 6. The predicted octanol–water partition coefficient (Wildman–Crippen LogP) is 9.09. The molecule has 4 aromatic carbocycles. The van der Waals surface area contributed by atoms with Gasteiger partial charge in [-0.05, 0) is 128 Å². The van der Waals surface area contributed by atoms with Gasteiger partial charge < -0.3 is 14.8 Å². The SMILES string of the molecule is CCOc1cc(/C=C2\SC(=Nc3ccc(C)cc3)N(c3ccc(C)cc3)C2=O)cc(I)c1OCC(=O)Nc1ccc(C)c(Cl)c1. The lowest BCUT2D eigenvalue weighted by atomic mass is 10.1. The number of thioether (sulfide) groups is 1. The Bertz CT molecular complexity index is 1810. The molecule has 1 heterocycles. The Morgan fingerprint density at radius 2 is 1.67 bits per heavy atom. The summed E-state index contributed by atoms with van der Waals surface area (Å²) in [5.41, 5.74) is 6.00. The Labute approximate surface area is 285 Å². The van der Waals surface area contributed by atoms with Gasteiger partial charge in [0.15, 0.2) is 23.3 Å². The fraction of sp³-hybridized carbons (Fsp3) is 0.171. The number of aliphatic imine (C=N–C) groups is 1. The molecule has 4 aromatic rings. The maximum absolute atomic E-state index is 13.8. The third-order valence-corrected chi connectivity index (χ3v) is 8.97. The number of anilines is 2. The first-order valence-corrected chi connectivity index (χ1v) is 16.5. The average Bonchev–Trinajstić information content (AvgIpc) is 3.30. The van der Waals surface area contributed by atoms with Crippen molar-refractivity contribution in [2.24, 2.45) is 4.99 Å². The molecule has 0 spiro atoms. The van der Waals surface area contributed by atoms with Gasteiger partial charge in [-0.1, -0.05) is 53.1 Å². The number of nitrogens with zero attached hydrogens (tertiary/aromatic N) is 2. The van der Waals surface area contributed by atoms with Crippen molar-refractivity contribution < 1.29 is 19.1 Å². The third kappa shape index (κ3) is 8.08. The molecular weight excluding hydrogens is 721 g/mol. The first-order valence-electron chi connectivity index (χ1n) is 14.2. The van der Waals surface area contributed by atoms with E-state index in [1.54, 1.807) is 17.0 Å². The number of carbonyl (C=O) groups excluding carboxylic acids is 2. The number of rotatable bonds is 9. The average molecular weight is 752 g/mol. The largest absolute Gasteiger partial charge is 0.490 e. The van der Waals surface area contributed by atoms with Gasteiger partial charge in [-0.25, -0.2) is 4.99 Å². The van der Waals surface area contributed by atoms with E-state index in [0.29, 0.717) is 38.9 Å². The number of carbonyl (C=O) groups is 2. The second-order valence-electron chi connectivity index (χ2n) is 10.4. The zero-order chi connectivity index (χ0) is 32.1. The molecule has 0 aliphatic carbocycles. The summed E-state index contributed by atoms with van der Waals surface area (Å²) in [7, 11) is 0. The van der Waals surface area contributed by atoms with Gasteiger partial charge in [0, 0.05) is 10.7 Å². The molecule has 230 valence electrons. The summed E-state index contributed by atoms with van der Waals surface area (Å²) in [5.74, 6) is 0.423. The standard InChI is InChI=1S/C35H31ClIN3O4S/c1-5-43-30-17-24(16-29(37)33(30)44-20-32(41)38-26-13-10-23(4)28(36)19-26)18-31-34(42)40(27-14-8-22(3)9-15-27)35(45-31)39-25-11-6-21(2)7-12-25/h6-19H,5,20H2,1-4H3,(H,38,41)/b31-18-,39-35?. The fourth-order valence-corrected chi connectivity index (χ4v) is 6.39. The molecule has 1 aliphatic rings. The highest BCUT2D eigenvalue weighted by Gasteiger charge is 2.35. The van der Waals surface area contributed by atoms with E-state index in [1.807, 2.05) is 101 Å². The second kappa shape index (κ2) is 14.5. The number of ether oxygens (including phenoxy) is 2. The van der Waals surface area contributed by atoms with Gasteiger partial charge in [0.05, 0.1) is 26.5 Å². The van der Waals surface area contributed by atoms with Gasteiger partial charge >= 0.3 is 0 Å². The predicted molar refractivity (Wildman–Crippen MR) is 193 cm³/mol. The monoisotopic (exact) mass is 751 g/mol. The quantitative estimate of drug-likeness (QED) is 0.136. The van der Waals surface area contributed by atoms with Crippen molar-refractivity contribution in [3.63, 3.8) is 0 Å². The molecule has 1 N–H and O–H groups in total. The summed E-state index contributed by atoms with van der Waals surface area (Å²) in [6, 6.07) is 24.7. The molecule has 1 aliphatic heterocycles. The molecule has 1 fully saturated rings. The van der Waals surface area contributed by atoms with Crippen LogP contribution >= 0.6 is 46.0 Å². The highest BCUT2D eigenvalue weighted by Crippen LogP contribution is 2.40. The van der Waals surface area contributed by atoms with Gasteiger partial charge in [-0.15, -0.1) is 0 Å². The van der Waals surface area contributed by atoms with Gasteiger partial charge in [-0.3, -0.25) is 14.5 Å². The van der Waals surface area contributed by atoms with E-state index in [9.17, 15) is 9.59 Å². The summed E-state index contributed by atoms with van der Waals surface area (Å²) in [6.45, 7) is 7.97. The van der Waals surface area contributed by atoms with Gasteiger partial charge in [0.1, 0.15) is 0 Å². The fourth-order valence-electron chi connectivity index (χ4n) is 4.43. The number of halogens is 2. The minimum absolute atomic E-state index is 0.170. The van der Waals surface area contributed by atoms with Crippen molar-refractivity contribution in [2.75, 3.05) is 23.4 Å². The zero-order valence-electron chi connectivity index (χ0n) is 25.2. The lowest BCUT2D eigenvalue weighted by Gasteiger charge is -2.16. The molecule has 0 radical (unpaired) electrons. The molecule has 45 heavy (non-hydrogen) atoms. The van der Waals surface area contributed by atoms with Crippen molar-refractivity contribution in [3.8, 4) is 11.5 Å². The molecule has 0 bridgehead atoms. The molecule has 10 heteroatoms. The van der Waals surface area contributed by atoms with Gasteiger partial charge in [0.25, 0.3) is 11.8 Å². The highest BCUT2D eigenvalue weighted by molar-refractivity contribution is 14.1. The van der Waals surface area contributed by atoms with Gasteiger partial charge in [0.2, 0.25) is 0 Å². The molecule has 7 nitrogen and oxygen atoms in total. The maximum atomic E-state index is 13.8. The van der Waals surface area contributed by atoms with E-state index in [-0.39, 0.29) is 18.4 Å². The minimum Gasteiger partial charge on any atom is -0.490 e. The normalized spacial score (nSPS) is 14.7. The molecule has 2 amide bonds. The van der Waals surface area contributed by atoms with Crippen molar-refractivity contribution in [3.05, 3.63) is 115 Å². The van der Waals surface area contributed by atoms with Crippen LogP contribution in [-0.2, 0) is 9.59 Å². The lowest BCUT2D eigenvalue weighted by Crippen LogP contribution is -2.28. The third-order valence-electron chi connectivity index (χ3n) is 6.79. The first kappa shape index (κ1) is 32.6. The Hall–Kier alpha value is -3.80. The van der Waals surface area contributed by atoms with E-state index in [2.05, 4.69) is 27.9 Å². The van der Waals surface area contributed by atoms with E-state index in [1.165, 1.54) is 11.8 Å². The van der Waals surface area contributed by atoms with Crippen LogP contribution in [0, 0.1) is 24.3 Å². The van der Waals surface area contributed by atoms with Crippen molar-refractivity contribution in [1.82, 2.24) is 0 Å².